The van der Waals surface area contributed by atoms with Crippen LogP contribution in [0.4, 0.5) is 5.82 Å². The van der Waals surface area contributed by atoms with Gasteiger partial charge in [-0.1, -0.05) is 6.92 Å². The number of nitrogens with one attached hydrogen (secondary N) is 1. The van der Waals surface area contributed by atoms with Crippen LogP contribution in [0.5, 0.6) is 0 Å². The number of nitrogen functional groups attached to an aromatic ring is 1. The van der Waals surface area contributed by atoms with Crippen LogP contribution in [0.1, 0.15) is 19.8 Å². The second-order valence-electron chi connectivity index (χ2n) is 4.28. The first-order chi connectivity index (χ1) is 7.13. The molecule has 0 aliphatic heterocycles. The van der Waals surface area contributed by atoms with Crippen molar-refractivity contribution in [2.75, 3.05) is 5.73 Å². The number of carbonyl (C=O) groups is 1. The fourth-order valence-electron chi connectivity index (χ4n) is 1.91. The molecule has 0 aromatic carbocycles. The summed E-state index contributed by atoms with van der Waals surface area (Å²) in [5.74, 6) is 1.20. The maximum atomic E-state index is 11.5. The van der Waals surface area contributed by atoms with Gasteiger partial charge in [0, 0.05) is 12.2 Å². The molecule has 0 spiro atoms. The highest BCUT2D eigenvalue weighted by molar-refractivity contribution is 5.76. The second-order valence-corrected chi connectivity index (χ2v) is 4.28. The number of nitrogens with zero attached hydrogens (tertiary/aromatic N) is 2. The zero-order valence-electron chi connectivity index (χ0n) is 8.81. The molecule has 0 bridgehead atoms. The predicted octanol–water partition coefficient (Wildman–Crippen LogP) is 0.380. The molecule has 0 saturated heterocycles. The van der Waals surface area contributed by atoms with Crippen LogP contribution in [0.2, 0.25) is 0 Å². The summed E-state index contributed by atoms with van der Waals surface area (Å²) < 4.78 is 1.55. The number of hydrogen-bond acceptors (Lipinski definition) is 3. The summed E-state index contributed by atoms with van der Waals surface area (Å²) >= 11 is 0. The van der Waals surface area contributed by atoms with Gasteiger partial charge in [0.25, 0.3) is 0 Å². The Morgan fingerprint density at radius 2 is 2.47 bits per heavy atom. The third-order valence-electron chi connectivity index (χ3n) is 2.71. The van der Waals surface area contributed by atoms with Crippen molar-refractivity contribution in [3.05, 3.63) is 12.3 Å². The second kappa shape index (κ2) is 3.92. The van der Waals surface area contributed by atoms with Crippen LogP contribution in [0.15, 0.2) is 12.3 Å². The fourth-order valence-corrected chi connectivity index (χ4v) is 1.91. The third kappa shape index (κ3) is 2.49. The van der Waals surface area contributed by atoms with E-state index < -0.39 is 0 Å². The van der Waals surface area contributed by atoms with Crippen LogP contribution < -0.4 is 11.1 Å². The molecule has 5 heteroatoms. The molecule has 1 saturated carbocycles. The molecule has 0 radical (unpaired) electrons. The van der Waals surface area contributed by atoms with Gasteiger partial charge in [0.1, 0.15) is 12.4 Å². The van der Waals surface area contributed by atoms with Crippen LogP contribution in [-0.4, -0.2) is 21.7 Å². The lowest BCUT2D eigenvalue weighted by Crippen LogP contribution is -2.44. The standard InChI is InChI=1S/C10H16N4O/c1-7-4-8(5-7)12-10(15)6-14-3-2-9(11)13-14/h2-3,7-8H,4-6H2,1H3,(H2,11,13)(H,12,15). The maximum absolute atomic E-state index is 11.5. The normalized spacial score (nSPS) is 24.6. The molecule has 1 aromatic rings. The highest BCUT2D eigenvalue weighted by Gasteiger charge is 2.26. The Morgan fingerprint density at radius 3 is 3.00 bits per heavy atom. The molecule has 1 heterocycles. The minimum absolute atomic E-state index is 0.00926. The number of amides is 1. The molecule has 2 rings (SSSR count). The SMILES string of the molecule is CC1CC(NC(=O)Cn2ccc(N)n2)C1. The molecule has 0 atom stereocenters. The van der Waals surface area contributed by atoms with Gasteiger partial charge in [-0.2, -0.15) is 5.10 Å². The maximum Gasteiger partial charge on any atom is 0.241 e. The quantitative estimate of drug-likeness (QED) is 0.754. The number of rotatable bonds is 3. The van der Waals surface area contributed by atoms with E-state index >= 15 is 0 Å². The van der Waals surface area contributed by atoms with E-state index in [2.05, 4.69) is 17.3 Å². The van der Waals surface area contributed by atoms with Crippen molar-refractivity contribution in [2.24, 2.45) is 5.92 Å². The topological polar surface area (TPSA) is 72.9 Å². The first-order valence-corrected chi connectivity index (χ1v) is 5.22. The zero-order valence-corrected chi connectivity index (χ0v) is 8.81. The van der Waals surface area contributed by atoms with Gasteiger partial charge in [-0.25, -0.2) is 0 Å². The average molecular weight is 208 g/mol. The first-order valence-electron chi connectivity index (χ1n) is 5.22. The molecule has 5 nitrogen and oxygen atoms in total. The Labute approximate surface area is 88.6 Å². The molecule has 1 fully saturated rings. The van der Waals surface area contributed by atoms with E-state index in [-0.39, 0.29) is 12.5 Å². The number of aromatic nitrogens is 2. The van der Waals surface area contributed by atoms with Gasteiger partial charge in [-0.05, 0) is 24.8 Å². The smallest absolute Gasteiger partial charge is 0.241 e. The molecule has 1 amide bonds. The molecule has 82 valence electrons. The molecule has 3 N–H and O–H groups in total. The number of hydrogen-bond donors (Lipinski definition) is 2. The van der Waals surface area contributed by atoms with Gasteiger partial charge in [0.2, 0.25) is 5.91 Å². The minimum atomic E-state index is 0.00926. The van der Waals surface area contributed by atoms with E-state index in [1.54, 1.807) is 16.9 Å². The summed E-state index contributed by atoms with van der Waals surface area (Å²) in [6.07, 6.45) is 3.89. The monoisotopic (exact) mass is 208 g/mol. The van der Waals surface area contributed by atoms with Crippen molar-refractivity contribution in [3.8, 4) is 0 Å². The number of nitrogens with two attached hydrogens (primary N) is 1. The predicted molar refractivity (Wildman–Crippen MR) is 57.0 cm³/mol. The van der Waals surface area contributed by atoms with Crippen molar-refractivity contribution in [3.63, 3.8) is 0 Å². The summed E-state index contributed by atoms with van der Waals surface area (Å²) in [5.41, 5.74) is 5.45. The van der Waals surface area contributed by atoms with Crippen LogP contribution in [-0.2, 0) is 11.3 Å². The molecule has 15 heavy (non-hydrogen) atoms. The van der Waals surface area contributed by atoms with E-state index in [1.807, 2.05) is 0 Å². The Balaban J connectivity index is 1.77. The minimum Gasteiger partial charge on any atom is -0.382 e. The Morgan fingerprint density at radius 1 is 1.73 bits per heavy atom. The van der Waals surface area contributed by atoms with E-state index in [9.17, 15) is 4.79 Å². The molecule has 0 unspecified atom stereocenters. The highest BCUT2D eigenvalue weighted by atomic mass is 16.2. The fraction of sp³-hybridized carbons (Fsp3) is 0.600. The molecular formula is C10H16N4O. The summed E-state index contributed by atoms with van der Waals surface area (Å²) in [6.45, 7) is 2.44. The van der Waals surface area contributed by atoms with Crippen molar-refractivity contribution < 1.29 is 4.79 Å². The molecule has 1 aromatic heterocycles. The van der Waals surface area contributed by atoms with Crippen molar-refractivity contribution >= 4 is 11.7 Å². The van der Waals surface area contributed by atoms with Gasteiger partial charge in [0.15, 0.2) is 0 Å². The summed E-state index contributed by atoms with van der Waals surface area (Å²) in [5, 5.41) is 6.91. The molecule has 1 aliphatic rings. The number of anilines is 1. The van der Waals surface area contributed by atoms with Crippen LogP contribution in [0, 0.1) is 5.92 Å². The van der Waals surface area contributed by atoms with Gasteiger partial charge < -0.3 is 11.1 Å². The lowest BCUT2D eigenvalue weighted by Gasteiger charge is -2.33. The van der Waals surface area contributed by atoms with E-state index in [0.29, 0.717) is 11.9 Å². The van der Waals surface area contributed by atoms with Crippen molar-refractivity contribution in [2.45, 2.75) is 32.4 Å². The van der Waals surface area contributed by atoms with E-state index in [0.717, 1.165) is 18.8 Å². The largest absolute Gasteiger partial charge is 0.382 e. The average Bonchev–Trinajstić information content (AvgIpc) is 2.48. The zero-order chi connectivity index (χ0) is 10.8. The Kier molecular flexibility index (Phi) is 2.62. The Hall–Kier alpha value is -1.52. The lowest BCUT2D eigenvalue weighted by atomic mass is 9.82. The molecular weight excluding hydrogens is 192 g/mol. The van der Waals surface area contributed by atoms with Crippen LogP contribution >= 0.6 is 0 Å². The lowest BCUT2D eigenvalue weighted by molar-refractivity contribution is -0.123. The highest BCUT2D eigenvalue weighted by Crippen LogP contribution is 2.26. The molecule has 1 aliphatic carbocycles. The summed E-state index contributed by atoms with van der Waals surface area (Å²) in [7, 11) is 0. The van der Waals surface area contributed by atoms with Crippen LogP contribution in [0.25, 0.3) is 0 Å². The first kappa shape index (κ1) is 10.0. The van der Waals surface area contributed by atoms with E-state index in [1.165, 1.54) is 0 Å². The van der Waals surface area contributed by atoms with E-state index in [4.69, 9.17) is 5.73 Å². The number of carbonyl (C=O) groups excluding carboxylic acids is 1. The van der Waals surface area contributed by atoms with Gasteiger partial charge in [-0.15, -0.1) is 0 Å². The van der Waals surface area contributed by atoms with Crippen LogP contribution in [0.3, 0.4) is 0 Å². The Bertz CT molecular complexity index is 354. The summed E-state index contributed by atoms with van der Waals surface area (Å²) in [4.78, 5) is 11.5. The van der Waals surface area contributed by atoms with Gasteiger partial charge in [0.05, 0.1) is 0 Å². The van der Waals surface area contributed by atoms with Gasteiger partial charge >= 0.3 is 0 Å². The van der Waals surface area contributed by atoms with Gasteiger partial charge in [-0.3, -0.25) is 9.48 Å². The van der Waals surface area contributed by atoms with Crippen molar-refractivity contribution in [1.82, 2.24) is 15.1 Å². The third-order valence-corrected chi connectivity index (χ3v) is 2.71. The summed E-state index contributed by atoms with van der Waals surface area (Å²) in [6, 6.07) is 2.04. The van der Waals surface area contributed by atoms with Crippen molar-refractivity contribution in [1.29, 1.82) is 0 Å².